The minimum absolute atomic E-state index is 0.421. The first-order valence-electron chi connectivity index (χ1n) is 7.30. The normalized spacial score (nSPS) is 23.2. The first kappa shape index (κ1) is 16.6. The van der Waals surface area contributed by atoms with E-state index in [0.29, 0.717) is 12.0 Å². The molecule has 1 aromatic carbocycles. The van der Waals surface area contributed by atoms with Crippen molar-refractivity contribution in [1.29, 1.82) is 0 Å². The fraction of sp³-hybridized carbons (Fsp3) is 0.600. The predicted molar refractivity (Wildman–Crippen MR) is 90.7 cm³/mol. The first-order valence-corrected chi connectivity index (χ1v) is 12.0. The molecule has 0 heterocycles. The molecule has 1 fully saturated rings. The Hall–Kier alpha value is 0.267. The van der Waals surface area contributed by atoms with Gasteiger partial charge in [-0.25, -0.2) is 0 Å². The van der Waals surface area contributed by atoms with Gasteiger partial charge < -0.3 is 4.74 Å². The van der Waals surface area contributed by atoms with Crippen LogP contribution in [0.2, 0.25) is 11.1 Å². The average Bonchev–Trinajstić information content (AvgIpc) is 2.45. The van der Waals surface area contributed by atoms with E-state index in [1.807, 2.05) is 12.1 Å². The van der Waals surface area contributed by atoms with E-state index in [1.54, 1.807) is 0 Å². The molecular weight excluding hydrogens is 331 g/mol. The van der Waals surface area contributed by atoms with E-state index in [0.717, 1.165) is 36.9 Å². The third kappa shape index (κ3) is 5.57. The summed E-state index contributed by atoms with van der Waals surface area (Å²) in [4.78, 5) is 0. The van der Waals surface area contributed by atoms with Crippen molar-refractivity contribution in [2.45, 2.75) is 50.2 Å². The topological polar surface area (TPSA) is 9.23 Å². The molecule has 0 amide bonds. The zero-order chi connectivity index (χ0) is 14.4. The van der Waals surface area contributed by atoms with Gasteiger partial charge in [-0.15, -0.1) is 0 Å². The summed E-state index contributed by atoms with van der Waals surface area (Å²) in [5.41, 5.74) is 1.41. The fourth-order valence-corrected chi connectivity index (χ4v) is 4.31. The fourth-order valence-electron chi connectivity index (χ4n) is 2.79. The molecule has 0 radical (unpaired) electrons. The monoisotopic (exact) mass is 350 g/mol. The molecular formula is C15H21Cl3OSi. The van der Waals surface area contributed by atoms with E-state index < -0.39 is 7.42 Å². The second-order valence-electron chi connectivity index (χ2n) is 5.43. The Balaban J connectivity index is 1.68. The molecule has 1 saturated carbocycles. The maximum atomic E-state index is 5.93. The summed E-state index contributed by atoms with van der Waals surface area (Å²) >= 11 is 17.6. The summed E-state index contributed by atoms with van der Waals surface area (Å²) < 4.78 is 5.92. The Morgan fingerprint density at radius 1 is 1.05 bits per heavy atom. The molecule has 1 aromatic rings. The van der Waals surface area contributed by atoms with Crippen molar-refractivity contribution in [2.75, 3.05) is 6.61 Å². The molecule has 0 atom stereocenters. The SMILES string of the molecule is Clc1ccc(C2CCC(OCCC[SiH](Cl)Cl)CC2)cc1. The molecule has 112 valence electrons. The van der Waals surface area contributed by atoms with Crippen molar-refractivity contribution < 1.29 is 4.74 Å². The summed E-state index contributed by atoms with van der Waals surface area (Å²) in [5, 5.41) is 0.811. The van der Waals surface area contributed by atoms with Gasteiger partial charge in [-0.3, -0.25) is 0 Å². The van der Waals surface area contributed by atoms with Crippen LogP contribution in [-0.4, -0.2) is 20.1 Å². The molecule has 0 saturated heterocycles. The Bertz CT molecular complexity index is 389. The molecule has 5 heteroatoms. The van der Waals surface area contributed by atoms with Crippen LogP contribution in [0.1, 0.15) is 43.6 Å². The van der Waals surface area contributed by atoms with Crippen LogP contribution in [0.4, 0.5) is 0 Å². The highest BCUT2D eigenvalue weighted by Crippen LogP contribution is 2.34. The van der Waals surface area contributed by atoms with Crippen molar-refractivity contribution in [3.05, 3.63) is 34.9 Å². The van der Waals surface area contributed by atoms with Crippen LogP contribution in [-0.2, 0) is 4.74 Å². The van der Waals surface area contributed by atoms with E-state index in [-0.39, 0.29) is 0 Å². The van der Waals surface area contributed by atoms with Crippen LogP contribution in [0.25, 0.3) is 0 Å². The van der Waals surface area contributed by atoms with Crippen molar-refractivity contribution >= 4 is 41.2 Å². The van der Waals surface area contributed by atoms with Crippen LogP contribution in [0, 0.1) is 0 Å². The first-order chi connectivity index (χ1) is 9.65. The third-order valence-corrected chi connectivity index (χ3v) is 6.34. The number of halogens is 3. The van der Waals surface area contributed by atoms with Gasteiger partial charge in [0.15, 0.2) is 0 Å². The predicted octanol–water partition coefficient (Wildman–Crippen LogP) is 5.47. The maximum absolute atomic E-state index is 5.93. The van der Waals surface area contributed by atoms with Gasteiger partial charge in [0.25, 0.3) is 0 Å². The second-order valence-corrected chi connectivity index (χ2v) is 11.1. The lowest BCUT2D eigenvalue weighted by Gasteiger charge is -2.29. The van der Waals surface area contributed by atoms with Crippen LogP contribution < -0.4 is 0 Å². The Labute approximate surface area is 137 Å². The molecule has 0 aromatic heterocycles. The van der Waals surface area contributed by atoms with Crippen molar-refractivity contribution in [1.82, 2.24) is 0 Å². The highest BCUT2D eigenvalue weighted by molar-refractivity contribution is 7.33. The smallest absolute Gasteiger partial charge is 0.237 e. The number of ether oxygens (including phenoxy) is 1. The zero-order valence-electron chi connectivity index (χ0n) is 11.5. The number of benzene rings is 1. The Morgan fingerprint density at radius 2 is 1.70 bits per heavy atom. The quantitative estimate of drug-likeness (QED) is 0.375. The molecule has 0 aliphatic heterocycles. The van der Waals surface area contributed by atoms with Gasteiger partial charge >= 0.3 is 0 Å². The number of hydrogen-bond donors (Lipinski definition) is 0. The van der Waals surface area contributed by atoms with Crippen molar-refractivity contribution in [3.63, 3.8) is 0 Å². The van der Waals surface area contributed by atoms with E-state index in [1.165, 1.54) is 18.4 Å². The molecule has 20 heavy (non-hydrogen) atoms. The molecule has 0 spiro atoms. The van der Waals surface area contributed by atoms with E-state index in [9.17, 15) is 0 Å². The van der Waals surface area contributed by atoms with Gasteiger partial charge in [0.2, 0.25) is 7.42 Å². The van der Waals surface area contributed by atoms with Gasteiger partial charge in [0, 0.05) is 11.6 Å². The lowest BCUT2D eigenvalue weighted by Crippen LogP contribution is -2.21. The van der Waals surface area contributed by atoms with Crippen LogP contribution >= 0.6 is 33.8 Å². The zero-order valence-corrected chi connectivity index (χ0v) is 15.0. The van der Waals surface area contributed by atoms with E-state index in [2.05, 4.69) is 12.1 Å². The number of hydrogen-bond acceptors (Lipinski definition) is 1. The molecule has 0 N–H and O–H groups in total. The molecule has 1 nitrogen and oxygen atoms in total. The molecule has 2 rings (SSSR count). The van der Waals surface area contributed by atoms with E-state index in [4.69, 9.17) is 38.5 Å². The summed E-state index contributed by atoms with van der Waals surface area (Å²) in [6.07, 6.45) is 6.13. The summed E-state index contributed by atoms with van der Waals surface area (Å²) in [6, 6.07) is 9.22. The van der Waals surface area contributed by atoms with Crippen LogP contribution in [0.5, 0.6) is 0 Å². The summed E-state index contributed by atoms with van der Waals surface area (Å²) in [6.45, 7) is 0.805. The van der Waals surface area contributed by atoms with Crippen LogP contribution in [0.15, 0.2) is 24.3 Å². The highest BCUT2D eigenvalue weighted by Gasteiger charge is 2.22. The minimum Gasteiger partial charge on any atom is -0.378 e. The number of rotatable bonds is 6. The largest absolute Gasteiger partial charge is 0.378 e. The lowest BCUT2D eigenvalue weighted by atomic mass is 9.83. The van der Waals surface area contributed by atoms with Gasteiger partial charge in [-0.2, -0.15) is 22.2 Å². The molecule has 1 aliphatic carbocycles. The molecule has 1 aliphatic rings. The third-order valence-electron chi connectivity index (χ3n) is 3.94. The van der Waals surface area contributed by atoms with Crippen LogP contribution in [0.3, 0.4) is 0 Å². The van der Waals surface area contributed by atoms with Crippen molar-refractivity contribution in [3.8, 4) is 0 Å². The summed E-state index contributed by atoms with van der Waals surface area (Å²) in [7, 11) is -1.45. The average molecular weight is 352 g/mol. The van der Waals surface area contributed by atoms with E-state index >= 15 is 0 Å². The minimum atomic E-state index is -1.45. The van der Waals surface area contributed by atoms with Gasteiger partial charge in [-0.1, -0.05) is 23.7 Å². The van der Waals surface area contributed by atoms with Gasteiger partial charge in [0.05, 0.1) is 6.10 Å². The Kier molecular flexibility index (Phi) is 7.19. The molecule has 0 unspecified atom stereocenters. The second kappa shape index (κ2) is 8.65. The summed E-state index contributed by atoms with van der Waals surface area (Å²) in [5.74, 6) is 0.662. The maximum Gasteiger partial charge on any atom is 0.237 e. The van der Waals surface area contributed by atoms with Crippen molar-refractivity contribution in [2.24, 2.45) is 0 Å². The lowest BCUT2D eigenvalue weighted by molar-refractivity contribution is 0.0251. The van der Waals surface area contributed by atoms with Gasteiger partial charge in [0.1, 0.15) is 0 Å². The highest BCUT2D eigenvalue weighted by atomic mass is 35.7. The molecule has 0 bridgehead atoms. The standard InChI is InChI=1S/C15H21Cl3OSi/c16-14-6-2-12(3-7-14)13-4-8-15(9-5-13)19-10-1-11-20(17)18/h2-3,6-7,13,15,20H,1,4-5,8-11H2. The Morgan fingerprint density at radius 3 is 2.30 bits per heavy atom. The van der Waals surface area contributed by atoms with Gasteiger partial charge in [-0.05, 0) is 61.8 Å².